The normalized spacial score (nSPS) is 15.1. The third-order valence-corrected chi connectivity index (χ3v) is 4.98. The predicted octanol–water partition coefficient (Wildman–Crippen LogP) is 3.35. The van der Waals surface area contributed by atoms with E-state index in [9.17, 15) is 9.59 Å². The van der Waals surface area contributed by atoms with Crippen molar-refractivity contribution in [2.24, 2.45) is 0 Å². The number of para-hydroxylation sites is 2. The summed E-state index contributed by atoms with van der Waals surface area (Å²) in [7, 11) is 0. The van der Waals surface area contributed by atoms with Crippen LogP contribution < -0.4 is 24.4 Å². The van der Waals surface area contributed by atoms with Gasteiger partial charge in [-0.15, -0.1) is 0 Å². The Morgan fingerprint density at radius 3 is 2.55 bits per heavy atom. The Hall–Kier alpha value is -3.22. The van der Waals surface area contributed by atoms with Crippen LogP contribution in [0.15, 0.2) is 42.5 Å². The van der Waals surface area contributed by atoms with Crippen LogP contribution in [-0.4, -0.2) is 44.2 Å². The third kappa shape index (κ3) is 5.48. The Morgan fingerprint density at radius 2 is 1.81 bits per heavy atom. The SMILES string of the molecule is CCOc1ccc(CCNC(=O)CN2C(=O)C(CC)Oc3ccccc32)cc1OCC. The second-order valence-corrected chi connectivity index (χ2v) is 7.15. The summed E-state index contributed by atoms with van der Waals surface area (Å²) >= 11 is 0. The van der Waals surface area contributed by atoms with Gasteiger partial charge in [0, 0.05) is 6.54 Å². The molecule has 0 fully saturated rings. The summed E-state index contributed by atoms with van der Waals surface area (Å²) in [5.74, 6) is 1.64. The summed E-state index contributed by atoms with van der Waals surface area (Å²) in [6.07, 6.45) is 0.623. The van der Waals surface area contributed by atoms with Gasteiger partial charge in [0.2, 0.25) is 5.91 Å². The summed E-state index contributed by atoms with van der Waals surface area (Å²) in [5, 5.41) is 2.91. The van der Waals surface area contributed by atoms with E-state index in [1.165, 1.54) is 4.90 Å². The van der Waals surface area contributed by atoms with Crippen LogP contribution in [0.2, 0.25) is 0 Å². The molecule has 1 N–H and O–H groups in total. The fraction of sp³-hybridized carbons (Fsp3) is 0.417. The Morgan fingerprint density at radius 1 is 1.06 bits per heavy atom. The molecule has 0 aromatic heterocycles. The van der Waals surface area contributed by atoms with Crippen LogP contribution >= 0.6 is 0 Å². The zero-order valence-corrected chi connectivity index (χ0v) is 18.3. The Bertz CT molecular complexity index is 915. The smallest absolute Gasteiger partial charge is 0.268 e. The molecule has 166 valence electrons. The molecule has 1 unspecified atom stereocenters. The molecule has 1 atom stereocenters. The number of amides is 2. The minimum Gasteiger partial charge on any atom is -0.490 e. The molecule has 2 aromatic carbocycles. The van der Waals surface area contributed by atoms with Crippen molar-refractivity contribution in [1.82, 2.24) is 5.32 Å². The van der Waals surface area contributed by atoms with E-state index < -0.39 is 6.10 Å². The topological polar surface area (TPSA) is 77.1 Å². The molecule has 0 aliphatic carbocycles. The van der Waals surface area contributed by atoms with E-state index in [1.54, 1.807) is 6.07 Å². The van der Waals surface area contributed by atoms with E-state index in [0.29, 0.717) is 55.5 Å². The number of hydrogen-bond donors (Lipinski definition) is 1. The van der Waals surface area contributed by atoms with E-state index in [2.05, 4.69) is 5.32 Å². The van der Waals surface area contributed by atoms with Gasteiger partial charge in [-0.3, -0.25) is 14.5 Å². The highest BCUT2D eigenvalue weighted by Gasteiger charge is 2.34. The number of ether oxygens (including phenoxy) is 3. The van der Waals surface area contributed by atoms with Gasteiger partial charge in [-0.25, -0.2) is 0 Å². The van der Waals surface area contributed by atoms with Gasteiger partial charge >= 0.3 is 0 Å². The van der Waals surface area contributed by atoms with Crippen LogP contribution in [0.3, 0.4) is 0 Å². The molecule has 0 radical (unpaired) electrons. The molecule has 2 aromatic rings. The van der Waals surface area contributed by atoms with Gasteiger partial charge in [0.05, 0.1) is 18.9 Å². The minimum absolute atomic E-state index is 0.0385. The van der Waals surface area contributed by atoms with Crippen molar-refractivity contribution in [3.8, 4) is 17.2 Å². The van der Waals surface area contributed by atoms with Gasteiger partial charge in [-0.05, 0) is 56.5 Å². The van der Waals surface area contributed by atoms with Crippen molar-refractivity contribution >= 4 is 17.5 Å². The standard InChI is InChI=1S/C24H30N2O5/c1-4-19-24(28)26(18-9-7-8-10-20(18)31-19)16-23(27)25-14-13-17-11-12-21(29-5-2)22(15-17)30-6-3/h7-12,15,19H,4-6,13-14,16H2,1-3H3,(H,25,27). The van der Waals surface area contributed by atoms with E-state index in [4.69, 9.17) is 14.2 Å². The monoisotopic (exact) mass is 426 g/mol. The first-order valence-electron chi connectivity index (χ1n) is 10.8. The van der Waals surface area contributed by atoms with Crippen LogP contribution in [-0.2, 0) is 16.0 Å². The highest BCUT2D eigenvalue weighted by Crippen LogP contribution is 2.34. The fourth-order valence-electron chi connectivity index (χ4n) is 3.49. The zero-order chi connectivity index (χ0) is 22.2. The molecule has 0 spiro atoms. The average molecular weight is 427 g/mol. The number of nitrogens with zero attached hydrogens (tertiary/aromatic N) is 1. The fourth-order valence-corrected chi connectivity index (χ4v) is 3.49. The molecule has 31 heavy (non-hydrogen) atoms. The lowest BCUT2D eigenvalue weighted by atomic mass is 10.1. The van der Waals surface area contributed by atoms with E-state index >= 15 is 0 Å². The number of hydrogen-bond acceptors (Lipinski definition) is 5. The lowest BCUT2D eigenvalue weighted by molar-refractivity contribution is -0.129. The molecule has 2 amide bonds. The molecule has 7 heteroatoms. The van der Waals surface area contributed by atoms with Crippen LogP contribution in [0.25, 0.3) is 0 Å². The number of nitrogens with one attached hydrogen (secondary N) is 1. The lowest BCUT2D eigenvalue weighted by Crippen LogP contribution is -2.49. The van der Waals surface area contributed by atoms with Crippen LogP contribution in [0, 0.1) is 0 Å². The van der Waals surface area contributed by atoms with Crippen LogP contribution in [0.4, 0.5) is 5.69 Å². The summed E-state index contributed by atoms with van der Waals surface area (Å²) < 4.78 is 17.0. The van der Waals surface area contributed by atoms with Gasteiger partial charge in [0.15, 0.2) is 17.6 Å². The Kier molecular flexibility index (Phi) is 7.76. The van der Waals surface area contributed by atoms with Gasteiger partial charge in [-0.1, -0.05) is 25.1 Å². The summed E-state index contributed by atoms with van der Waals surface area (Å²) in [4.78, 5) is 26.8. The molecule has 1 aliphatic rings. The number of fused-ring (bicyclic) bond motifs is 1. The van der Waals surface area contributed by atoms with Crippen molar-refractivity contribution in [2.45, 2.75) is 39.7 Å². The number of carbonyl (C=O) groups excluding carboxylic acids is 2. The summed E-state index contributed by atoms with van der Waals surface area (Å²) in [5.41, 5.74) is 1.66. The van der Waals surface area contributed by atoms with Crippen molar-refractivity contribution in [3.63, 3.8) is 0 Å². The highest BCUT2D eigenvalue weighted by molar-refractivity contribution is 6.03. The lowest BCUT2D eigenvalue weighted by Gasteiger charge is -2.33. The van der Waals surface area contributed by atoms with Gasteiger partial charge in [0.1, 0.15) is 12.3 Å². The van der Waals surface area contributed by atoms with Crippen molar-refractivity contribution in [1.29, 1.82) is 0 Å². The quantitative estimate of drug-likeness (QED) is 0.631. The minimum atomic E-state index is -0.566. The number of benzene rings is 2. The first kappa shape index (κ1) is 22.5. The van der Waals surface area contributed by atoms with Crippen molar-refractivity contribution in [2.75, 3.05) is 31.2 Å². The number of rotatable bonds is 10. The molecule has 7 nitrogen and oxygen atoms in total. The molecule has 0 bridgehead atoms. The van der Waals surface area contributed by atoms with Crippen LogP contribution in [0.1, 0.15) is 32.8 Å². The van der Waals surface area contributed by atoms with Gasteiger partial charge < -0.3 is 19.5 Å². The zero-order valence-electron chi connectivity index (χ0n) is 18.3. The first-order valence-corrected chi connectivity index (χ1v) is 10.8. The van der Waals surface area contributed by atoms with E-state index in [1.807, 2.05) is 57.2 Å². The van der Waals surface area contributed by atoms with E-state index in [0.717, 1.165) is 5.56 Å². The number of anilines is 1. The maximum Gasteiger partial charge on any atom is 0.268 e. The average Bonchev–Trinajstić information content (AvgIpc) is 2.77. The summed E-state index contributed by atoms with van der Waals surface area (Å²) in [6, 6.07) is 13.1. The van der Waals surface area contributed by atoms with Gasteiger partial charge in [-0.2, -0.15) is 0 Å². The maximum atomic E-state index is 12.7. The Labute approximate surface area is 183 Å². The van der Waals surface area contributed by atoms with Gasteiger partial charge in [0.25, 0.3) is 5.91 Å². The summed E-state index contributed by atoms with van der Waals surface area (Å²) in [6.45, 7) is 7.28. The molecule has 1 aliphatic heterocycles. The first-order chi connectivity index (χ1) is 15.1. The molecule has 0 saturated carbocycles. The Balaban J connectivity index is 1.59. The number of carbonyl (C=O) groups is 2. The largest absolute Gasteiger partial charge is 0.490 e. The second-order valence-electron chi connectivity index (χ2n) is 7.15. The molecular weight excluding hydrogens is 396 g/mol. The molecule has 3 rings (SSSR count). The molecular formula is C24H30N2O5. The highest BCUT2D eigenvalue weighted by atomic mass is 16.5. The third-order valence-electron chi connectivity index (χ3n) is 4.98. The van der Waals surface area contributed by atoms with Crippen molar-refractivity contribution in [3.05, 3.63) is 48.0 Å². The van der Waals surface area contributed by atoms with Crippen molar-refractivity contribution < 1.29 is 23.8 Å². The molecule has 0 saturated heterocycles. The van der Waals surface area contributed by atoms with Crippen LogP contribution in [0.5, 0.6) is 17.2 Å². The maximum absolute atomic E-state index is 12.7. The molecule has 1 heterocycles. The second kappa shape index (κ2) is 10.7. The predicted molar refractivity (Wildman–Crippen MR) is 119 cm³/mol. The van der Waals surface area contributed by atoms with E-state index in [-0.39, 0.29) is 18.4 Å².